The van der Waals surface area contributed by atoms with E-state index in [0.29, 0.717) is 17.8 Å². The molecule has 0 saturated heterocycles. The van der Waals surface area contributed by atoms with Gasteiger partial charge in [-0.15, -0.1) is 0 Å². The molecule has 0 spiro atoms. The van der Waals surface area contributed by atoms with Gasteiger partial charge >= 0.3 is 0 Å². The van der Waals surface area contributed by atoms with Gasteiger partial charge in [0.1, 0.15) is 5.69 Å². The Labute approximate surface area is 200 Å². The Morgan fingerprint density at radius 3 is 2.65 bits per heavy atom. The summed E-state index contributed by atoms with van der Waals surface area (Å²) in [5.74, 6) is 3.07. The molecule has 1 aliphatic heterocycles. The van der Waals surface area contributed by atoms with Crippen molar-refractivity contribution in [1.29, 1.82) is 0 Å². The fourth-order valence-electron chi connectivity index (χ4n) is 6.63. The molecule has 5 heteroatoms. The molecule has 0 radical (unpaired) electrons. The summed E-state index contributed by atoms with van der Waals surface area (Å²) >= 11 is 0. The highest BCUT2D eigenvalue weighted by atomic mass is 16.5. The first-order valence-corrected chi connectivity index (χ1v) is 12.3. The lowest BCUT2D eigenvalue weighted by Crippen LogP contribution is -2.26. The van der Waals surface area contributed by atoms with Gasteiger partial charge in [0.25, 0.3) is 0 Å². The van der Waals surface area contributed by atoms with E-state index in [0.717, 1.165) is 52.4 Å². The maximum Gasteiger partial charge on any atom is 0.170 e. The summed E-state index contributed by atoms with van der Waals surface area (Å²) in [4.78, 5) is 4.69. The first-order chi connectivity index (χ1) is 16.5. The van der Waals surface area contributed by atoms with Gasteiger partial charge in [-0.2, -0.15) is 0 Å². The molecule has 34 heavy (non-hydrogen) atoms. The van der Waals surface area contributed by atoms with Gasteiger partial charge in [-0.05, 0) is 71.8 Å². The van der Waals surface area contributed by atoms with Crippen molar-refractivity contribution in [3.05, 3.63) is 71.4 Å². The van der Waals surface area contributed by atoms with Gasteiger partial charge < -0.3 is 15.4 Å². The predicted molar refractivity (Wildman–Crippen MR) is 135 cm³/mol. The molecule has 0 amide bonds. The van der Waals surface area contributed by atoms with Crippen molar-refractivity contribution in [3.63, 3.8) is 0 Å². The Balaban J connectivity index is 1.30. The Morgan fingerprint density at radius 1 is 1.06 bits per heavy atom. The molecule has 2 aliphatic carbocycles. The van der Waals surface area contributed by atoms with Crippen LogP contribution in [0.4, 0.5) is 0 Å². The van der Waals surface area contributed by atoms with E-state index in [1.54, 1.807) is 0 Å². The topological polar surface area (TPSA) is 84.6 Å². The maximum absolute atomic E-state index is 9.46. The number of fused-ring (bicyclic) bond motifs is 2. The minimum absolute atomic E-state index is 0.0442. The molecule has 2 aromatic carbocycles. The summed E-state index contributed by atoms with van der Waals surface area (Å²) in [7, 11) is 0. The second-order valence-corrected chi connectivity index (χ2v) is 10.4. The molecule has 1 aromatic heterocycles. The van der Waals surface area contributed by atoms with Crippen LogP contribution < -0.4 is 5.73 Å². The molecule has 6 rings (SSSR count). The maximum atomic E-state index is 9.46. The lowest BCUT2D eigenvalue weighted by molar-refractivity contribution is 0.267. The number of aliphatic imine (C=N–C) groups is 1. The Bertz CT molecular complexity index is 1290. The van der Waals surface area contributed by atoms with Gasteiger partial charge in [0.2, 0.25) is 0 Å². The molecule has 5 unspecified atom stereocenters. The summed E-state index contributed by atoms with van der Waals surface area (Å²) in [6.45, 7) is 4.56. The van der Waals surface area contributed by atoms with Crippen LogP contribution in [-0.2, 0) is 6.61 Å². The zero-order chi connectivity index (χ0) is 23.4. The average molecular weight is 454 g/mol. The van der Waals surface area contributed by atoms with Crippen LogP contribution in [0.2, 0.25) is 0 Å². The van der Waals surface area contributed by atoms with E-state index < -0.39 is 0 Å². The number of allylic oxidation sites excluding steroid dienone is 1. The molecular weight excluding hydrogens is 422 g/mol. The van der Waals surface area contributed by atoms with Crippen molar-refractivity contribution in [1.82, 2.24) is 5.16 Å². The third-order valence-electron chi connectivity index (χ3n) is 8.26. The largest absolute Gasteiger partial charge is 0.392 e. The van der Waals surface area contributed by atoms with E-state index in [9.17, 15) is 5.11 Å². The van der Waals surface area contributed by atoms with Gasteiger partial charge in [0.15, 0.2) is 5.76 Å². The summed E-state index contributed by atoms with van der Waals surface area (Å²) in [6, 6.07) is 16.7. The van der Waals surface area contributed by atoms with E-state index in [-0.39, 0.29) is 18.1 Å². The van der Waals surface area contributed by atoms with Crippen LogP contribution in [0.1, 0.15) is 55.8 Å². The fraction of sp³-hybridized carbons (Fsp3) is 0.379. The highest BCUT2D eigenvalue weighted by molar-refractivity contribution is 5.81. The fourth-order valence-corrected chi connectivity index (χ4v) is 6.63. The van der Waals surface area contributed by atoms with E-state index >= 15 is 0 Å². The molecule has 5 atom stereocenters. The van der Waals surface area contributed by atoms with Crippen LogP contribution in [0.25, 0.3) is 28.5 Å². The molecule has 1 saturated carbocycles. The minimum atomic E-state index is 0.0442. The molecule has 3 aliphatic rings. The quantitative estimate of drug-likeness (QED) is 0.523. The summed E-state index contributed by atoms with van der Waals surface area (Å²) < 4.78 is 5.92. The van der Waals surface area contributed by atoms with Crippen LogP contribution in [0.5, 0.6) is 0 Å². The summed E-state index contributed by atoms with van der Waals surface area (Å²) in [5, 5.41) is 13.9. The van der Waals surface area contributed by atoms with E-state index in [1.165, 1.54) is 12.0 Å². The number of benzene rings is 2. The Hall–Kier alpha value is -3.18. The number of amidine groups is 1. The minimum Gasteiger partial charge on any atom is -0.392 e. The number of rotatable bonds is 4. The monoisotopic (exact) mass is 453 g/mol. The van der Waals surface area contributed by atoms with E-state index in [2.05, 4.69) is 61.5 Å². The number of aromatic nitrogens is 1. The molecule has 1 fully saturated rings. The molecule has 0 bridgehead atoms. The van der Waals surface area contributed by atoms with Crippen molar-refractivity contribution in [2.75, 3.05) is 0 Å². The highest BCUT2D eigenvalue weighted by Gasteiger charge is 2.60. The second-order valence-electron chi connectivity index (χ2n) is 10.4. The van der Waals surface area contributed by atoms with Gasteiger partial charge in [-0.1, -0.05) is 60.6 Å². The number of aliphatic hydroxyl groups is 1. The molecule has 3 N–H and O–H groups in total. The zero-order valence-electron chi connectivity index (χ0n) is 19.7. The number of hydrogen-bond donors (Lipinski definition) is 2. The normalized spacial score (nSPS) is 29.7. The third kappa shape index (κ3) is 3.41. The Kier molecular flexibility index (Phi) is 4.99. The lowest BCUT2D eigenvalue weighted by Gasteiger charge is -2.33. The highest BCUT2D eigenvalue weighted by Crippen LogP contribution is 2.67. The van der Waals surface area contributed by atoms with Gasteiger partial charge in [0, 0.05) is 23.6 Å². The standard InChI is InChI=1S/C29H31N3O2/c1-17-14-29(15-23(29)13-26(30)31-17)24-10-11-25-27(18(24)2)28(34-32-25)21-8-6-20(7-9-21)22-5-3-4-19(12-22)16-33/h3-12,17-18,23-24,33H,13-16H2,1-2H3,(H2,30,31). The van der Waals surface area contributed by atoms with Gasteiger partial charge in [-0.25, -0.2) is 0 Å². The zero-order valence-corrected chi connectivity index (χ0v) is 19.7. The van der Waals surface area contributed by atoms with Gasteiger partial charge in [0.05, 0.1) is 12.4 Å². The molecular formula is C29H31N3O2. The smallest absolute Gasteiger partial charge is 0.170 e. The first kappa shape index (κ1) is 21.4. The van der Waals surface area contributed by atoms with Crippen molar-refractivity contribution in [2.24, 2.45) is 28.0 Å². The second kappa shape index (κ2) is 7.95. The number of nitrogens with zero attached hydrogens (tertiary/aromatic N) is 2. The molecule has 3 aromatic rings. The molecule has 2 heterocycles. The molecule has 5 nitrogen and oxygen atoms in total. The van der Waals surface area contributed by atoms with Crippen molar-refractivity contribution in [2.45, 2.75) is 51.7 Å². The molecule has 174 valence electrons. The van der Waals surface area contributed by atoms with Crippen LogP contribution in [-0.4, -0.2) is 22.1 Å². The lowest BCUT2D eigenvalue weighted by atomic mass is 9.69. The number of hydrogen-bond acceptors (Lipinski definition) is 5. The van der Waals surface area contributed by atoms with Crippen LogP contribution in [0.3, 0.4) is 0 Å². The van der Waals surface area contributed by atoms with Gasteiger partial charge in [-0.3, -0.25) is 4.99 Å². The number of nitrogens with two attached hydrogens (primary N) is 1. The first-order valence-electron chi connectivity index (χ1n) is 12.3. The van der Waals surface area contributed by atoms with E-state index in [4.69, 9.17) is 15.2 Å². The SMILES string of the molecule is CC1CC2(C3C=Cc4noc(-c5ccc(-c6cccc(CO)c6)cc5)c4C3C)CC2CC(N)=N1. The Morgan fingerprint density at radius 2 is 1.85 bits per heavy atom. The predicted octanol–water partition coefficient (Wildman–Crippen LogP) is 5.79. The summed E-state index contributed by atoms with van der Waals surface area (Å²) in [5.41, 5.74) is 12.8. The van der Waals surface area contributed by atoms with Crippen molar-refractivity contribution in [3.8, 4) is 22.5 Å². The van der Waals surface area contributed by atoms with Crippen molar-refractivity contribution < 1.29 is 9.63 Å². The number of aliphatic hydroxyl groups excluding tert-OH is 1. The third-order valence-corrected chi connectivity index (χ3v) is 8.26. The summed E-state index contributed by atoms with van der Waals surface area (Å²) in [6.07, 6.45) is 7.76. The van der Waals surface area contributed by atoms with Crippen molar-refractivity contribution >= 4 is 11.9 Å². The van der Waals surface area contributed by atoms with Crippen LogP contribution in [0, 0.1) is 17.3 Å². The van der Waals surface area contributed by atoms with Crippen LogP contribution in [0.15, 0.2) is 64.1 Å². The van der Waals surface area contributed by atoms with Crippen LogP contribution >= 0.6 is 0 Å². The average Bonchev–Trinajstić information content (AvgIpc) is 3.34. The van der Waals surface area contributed by atoms with E-state index in [1.807, 2.05) is 18.2 Å².